The van der Waals surface area contributed by atoms with Crippen LogP contribution in [0.2, 0.25) is 0 Å². The van der Waals surface area contributed by atoms with Gasteiger partial charge in [0.1, 0.15) is 0 Å². The molecule has 0 aliphatic heterocycles. The van der Waals surface area contributed by atoms with Crippen molar-refractivity contribution in [2.24, 2.45) is 10.9 Å². The Labute approximate surface area is 106 Å². The van der Waals surface area contributed by atoms with Gasteiger partial charge in [-0.15, -0.1) is 0 Å². The molecule has 1 unspecified atom stereocenters. The van der Waals surface area contributed by atoms with Crippen LogP contribution in [-0.2, 0) is 6.54 Å². The lowest BCUT2D eigenvalue weighted by atomic mass is 10.2. The van der Waals surface area contributed by atoms with Crippen molar-refractivity contribution < 1.29 is 10.0 Å². The van der Waals surface area contributed by atoms with Crippen LogP contribution < -0.4 is 11.1 Å². The molecule has 0 spiro atoms. The fourth-order valence-corrected chi connectivity index (χ4v) is 1.36. The van der Waals surface area contributed by atoms with Crippen LogP contribution in [-0.4, -0.2) is 35.1 Å². The van der Waals surface area contributed by atoms with Crippen LogP contribution in [0.15, 0.2) is 35.5 Å². The molecule has 6 nitrogen and oxygen atoms in total. The number of amidine groups is 1. The highest BCUT2D eigenvalue weighted by Crippen LogP contribution is 2.00. The van der Waals surface area contributed by atoms with Gasteiger partial charge in [0.2, 0.25) is 0 Å². The standard InChI is InChI=1S/C12H18N4O2/c1-9(11(13)15-18)16(2)12(17)14-8-10-6-4-3-5-7-10/h3-7,9,18H,8H2,1-2H3,(H2,13,15)(H,14,17). The number of rotatable bonds is 4. The fourth-order valence-electron chi connectivity index (χ4n) is 1.36. The predicted molar refractivity (Wildman–Crippen MR) is 69.3 cm³/mol. The molecule has 0 bridgehead atoms. The number of hydrogen-bond acceptors (Lipinski definition) is 3. The van der Waals surface area contributed by atoms with E-state index in [2.05, 4.69) is 10.5 Å². The first-order valence-corrected chi connectivity index (χ1v) is 5.58. The van der Waals surface area contributed by atoms with Crippen LogP contribution in [0, 0.1) is 0 Å². The van der Waals surface area contributed by atoms with Gasteiger partial charge in [-0.2, -0.15) is 0 Å². The Kier molecular flexibility index (Phi) is 4.98. The molecular formula is C12H18N4O2. The van der Waals surface area contributed by atoms with E-state index in [0.29, 0.717) is 6.54 Å². The van der Waals surface area contributed by atoms with Crippen molar-refractivity contribution in [2.75, 3.05) is 7.05 Å². The second kappa shape index (κ2) is 6.48. The molecule has 1 aromatic rings. The zero-order valence-electron chi connectivity index (χ0n) is 10.5. The van der Waals surface area contributed by atoms with Crippen molar-refractivity contribution in [1.29, 1.82) is 0 Å². The van der Waals surface area contributed by atoms with E-state index in [1.165, 1.54) is 4.90 Å². The van der Waals surface area contributed by atoms with E-state index in [1.54, 1.807) is 14.0 Å². The van der Waals surface area contributed by atoms with Gasteiger partial charge in [-0.1, -0.05) is 35.5 Å². The molecule has 98 valence electrons. The predicted octanol–water partition coefficient (Wildman–Crippen LogP) is 0.963. The number of likely N-dealkylation sites (N-methyl/N-ethyl adjacent to an activating group) is 1. The SMILES string of the molecule is CC(/C(N)=N/O)N(C)C(=O)NCc1ccccc1. The molecule has 0 radical (unpaired) electrons. The maximum absolute atomic E-state index is 11.8. The summed E-state index contributed by atoms with van der Waals surface area (Å²) in [6, 6.07) is 8.83. The summed E-state index contributed by atoms with van der Waals surface area (Å²) in [4.78, 5) is 13.2. The third-order valence-electron chi connectivity index (χ3n) is 2.73. The molecule has 0 aliphatic carbocycles. The van der Waals surface area contributed by atoms with Gasteiger partial charge in [-0.3, -0.25) is 0 Å². The van der Waals surface area contributed by atoms with Crippen molar-refractivity contribution in [1.82, 2.24) is 10.2 Å². The lowest BCUT2D eigenvalue weighted by Gasteiger charge is -2.24. The number of oxime groups is 1. The number of benzene rings is 1. The molecule has 0 saturated carbocycles. The molecule has 6 heteroatoms. The Morgan fingerprint density at radius 2 is 2.11 bits per heavy atom. The quantitative estimate of drug-likeness (QED) is 0.322. The highest BCUT2D eigenvalue weighted by atomic mass is 16.4. The molecule has 0 heterocycles. The van der Waals surface area contributed by atoms with Gasteiger partial charge in [-0.25, -0.2) is 4.79 Å². The molecule has 0 aliphatic rings. The van der Waals surface area contributed by atoms with Crippen LogP contribution in [0.5, 0.6) is 0 Å². The molecule has 1 aromatic carbocycles. The summed E-state index contributed by atoms with van der Waals surface area (Å²) in [5, 5.41) is 14.2. The summed E-state index contributed by atoms with van der Waals surface area (Å²) >= 11 is 0. The lowest BCUT2D eigenvalue weighted by molar-refractivity contribution is 0.203. The average Bonchev–Trinajstić information content (AvgIpc) is 2.43. The third-order valence-corrected chi connectivity index (χ3v) is 2.73. The summed E-state index contributed by atoms with van der Waals surface area (Å²) in [5.41, 5.74) is 6.45. The summed E-state index contributed by atoms with van der Waals surface area (Å²) < 4.78 is 0. The Balaban J connectivity index is 2.51. The minimum Gasteiger partial charge on any atom is -0.409 e. The van der Waals surface area contributed by atoms with E-state index < -0.39 is 6.04 Å². The second-order valence-corrected chi connectivity index (χ2v) is 3.96. The molecular weight excluding hydrogens is 232 g/mol. The van der Waals surface area contributed by atoms with Gasteiger partial charge in [0.25, 0.3) is 0 Å². The van der Waals surface area contributed by atoms with Crippen molar-refractivity contribution in [2.45, 2.75) is 19.5 Å². The Bertz CT molecular complexity index is 419. The number of nitrogens with one attached hydrogen (secondary N) is 1. The zero-order valence-corrected chi connectivity index (χ0v) is 10.5. The van der Waals surface area contributed by atoms with Gasteiger partial charge >= 0.3 is 6.03 Å². The Morgan fingerprint density at radius 3 is 2.67 bits per heavy atom. The number of carbonyl (C=O) groups is 1. The molecule has 4 N–H and O–H groups in total. The van der Waals surface area contributed by atoms with Crippen LogP contribution in [0.3, 0.4) is 0 Å². The maximum Gasteiger partial charge on any atom is 0.318 e. The van der Waals surface area contributed by atoms with Gasteiger partial charge in [0.15, 0.2) is 5.84 Å². The first kappa shape index (κ1) is 13.8. The van der Waals surface area contributed by atoms with E-state index in [0.717, 1.165) is 5.56 Å². The number of hydrogen-bond donors (Lipinski definition) is 3. The van der Waals surface area contributed by atoms with Crippen LogP contribution in [0.4, 0.5) is 4.79 Å². The molecule has 0 saturated heterocycles. The lowest BCUT2D eigenvalue weighted by Crippen LogP contribution is -2.47. The molecule has 0 aromatic heterocycles. The van der Waals surface area contributed by atoms with E-state index in [1.807, 2.05) is 30.3 Å². The third kappa shape index (κ3) is 3.65. The van der Waals surface area contributed by atoms with E-state index in [-0.39, 0.29) is 11.9 Å². The number of carbonyl (C=O) groups excluding carboxylic acids is 1. The minimum absolute atomic E-state index is 0.00707. The summed E-state index contributed by atoms with van der Waals surface area (Å²) in [6.07, 6.45) is 0. The van der Waals surface area contributed by atoms with E-state index in [9.17, 15) is 4.79 Å². The second-order valence-electron chi connectivity index (χ2n) is 3.96. The number of nitrogens with two attached hydrogens (primary N) is 1. The number of nitrogens with zero attached hydrogens (tertiary/aromatic N) is 2. The summed E-state index contributed by atoms with van der Waals surface area (Å²) in [7, 11) is 1.59. The highest BCUT2D eigenvalue weighted by Gasteiger charge is 2.18. The minimum atomic E-state index is -0.467. The van der Waals surface area contributed by atoms with E-state index >= 15 is 0 Å². The van der Waals surface area contributed by atoms with Gasteiger partial charge in [-0.05, 0) is 12.5 Å². The van der Waals surface area contributed by atoms with Crippen molar-refractivity contribution in [3.8, 4) is 0 Å². The average molecular weight is 250 g/mol. The Hall–Kier alpha value is -2.24. The monoisotopic (exact) mass is 250 g/mol. The summed E-state index contributed by atoms with van der Waals surface area (Å²) in [5.74, 6) is -0.00707. The number of amides is 2. The van der Waals surface area contributed by atoms with E-state index in [4.69, 9.17) is 10.9 Å². The fraction of sp³-hybridized carbons (Fsp3) is 0.333. The number of urea groups is 1. The van der Waals surface area contributed by atoms with Crippen molar-refractivity contribution in [3.63, 3.8) is 0 Å². The zero-order chi connectivity index (χ0) is 13.5. The molecule has 2 amide bonds. The summed E-state index contributed by atoms with van der Waals surface area (Å²) in [6.45, 7) is 2.12. The van der Waals surface area contributed by atoms with Gasteiger partial charge in [0.05, 0.1) is 6.04 Å². The maximum atomic E-state index is 11.8. The smallest absolute Gasteiger partial charge is 0.318 e. The van der Waals surface area contributed by atoms with Crippen LogP contribution in [0.1, 0.15) is 12.5 Å². The molecule has 1 rings (SSSR count). The van der Waals surface area contributed by atoms with Gasteiger partial charge in [0, 0.05) is 13.6 Å². The van der Waals surface area contributed by atoms with Gasteiger partial charge < -0.3 is 21.2 Å². The van der Waals surface area contributed by atoms with Crippen molar-refractivity contribution in [3.05, 3.63) is 35.9 Å². The molecule has 18 heavy (non-hydrogen) atoms. The van der Waals surface area contributed by atoms with Crippen LogP contribution in [0.25, 0.3) is 0 Å². The normalized spacial score (nSPS) is 12.9. The first-order valence-electron chi connectivity index (χ1n) is 5.58. The molecule has 0 fully saturated rings. The highest BCUT2D eigenvalue weighted by molar-refractivity contribution is 5.88. The first-order chi connectivity index (χ1) is 8.56. The van der Waals surface area contributed by atoms with Crippen molar-refractivity contribution >= 4 is 11.9 Å². The largest absolute Gasteiger partial charge is 0.409 e. The topological polar surface area (TPSA) is 91.0 Å². The molecule has 1 atom stereocenters. The Morgan fingerprint density at radius 1 is 1.50 bits per heavy atom. The van der Waals surface area contributed by atoms with Crippen LogP contribution >= 0.6 is 0 Å².